The SMILES string of the molecule is O=C(CC(C(=O)Nc1ccccc1)N1CC1)c1ccc(Cl)cc1. The van der Waals surface area contributed by atoms with Crippen molar-refractivity contribution in [2.75, 3.05) is 18.4 Å². The average molecular weight is 329 g/mol. The van der Waals surface area contributed by atoms with Crippen LogP contribution in [0.15, 0.2) is 54.6 Å². The van der Waals surface area contributed by atoms with Gasteiger partial charge in [-0.15, -0.1) is 0 Å². The number of benzene rings is 2. The molecule has 3 rings (SSSR count). The van der Waals surface area contributed by atoms with Crippen molar-refractivity contribution in [1.29, 1.82) is 0 Å². The molecule has 1 aliphatic heterocycles. The van der Waals surface area contributed by atoms with Crippen LogP contribution in [-0.2, 0) is 4.79 Å². The second-order valence-electron chi connectivity index (χ2n) is 5.54. The minimum absolute atomic E-state index is 0.0539. The molecule has 0 saturated carbocycles. The van der Waals surface area contributed by atoms with Gasteiger partial charge in [0.1, 0.15) is 0 Å². The highest BCUT2D eigenvalue weighted by Gasteiger charge is 2.34. The molecular weight excluding hydrogens is 312 g/mol. The van der Waals surface area contributed by atoms with Gasteiger partial charge in [-0.25, -0.2) is 0 Å². The molecule has 1 unspecified atom stereocenters. The van der Waals surface area contributed by atoms with Crippen molar-refractivity contribution in [1.82, 2.24) is 4.90 Å². The van der Waals surface area contributed by atoms with Crippen molar-refractivity contribution in [2.45, 2.75) is 12.5 Å². The maximum absolute atomic E-state index is 12.5. The molecule has 4 nitrogen and oxygen atoms in total. The van der Waals surface area contributed by atoms with Gasteiger partial charge in [-0.2, -0.15) is 0 Å². The molecule has 0 bridgehead atoms. The highest BCUT2D eigenvalue weighted by molar-refractivity contribution is 6.30. The molecule has 118 valence electrons. The molecule has 0 aliphatic carbocycles. The Morgan fingerprint density at radius 2 is 1.70 bits per heavy atom. The molecule has 1 atom stereocenters. The van der Waals surface area contributed by atoms with Gasteiger partial charge in [0, 0.05) is 35.8 Å². The summed E-state index contributed by atoms with van der Waals surface area (Å²) in [5.41, 5.74) is 1.32. The maximum atomic E-state index is 12.5. The molecule has 0 aromatic heterocycles. The van der Waals surface area contributed by atoms with Crippen LogP contribution in [-0.4, -0.2) is 35.7 Å². The highest BCUT2D eigenvalue weighted by atomic mass is 35.5. The van der Waals surface area contributed by atoms with Gasteiger partial charge in [0.25, 0.3) is 0 Å². The van der Waals surface area contributed by atoms with E-state index >= 15 is 0 Å². The zero-order valence-electron chi connectivity index (χ0n) is 12.5. The largest absolute Gasteiger partial charge is 0.325 e. The molecule has 2 aromatic rings. The Hall–Kier alpha value is -2.17. The van der Waals surface area contributed by atoms with Gasteiger partial charge in [0.05, 0.1) is 6.04 Å². The lowest BCUT2D eigenvalue weighted by molar-refractivity contribution is -0.119. The van der Waals surface area contributed by atoms with Crippen LogP contribution in [0.1, 0.15) is 16.8 Å². The summed E-state index contributed by atoms with van der Waals surface area (Å²) >= 11 is 5.84. The summed E-state index contributed by atoms with van der Waals surface area (Å²) in [5, 5.41) is 3.46. The second-order valence-corrected chi connectivity index (χ2v) is 5.98. The summed E-state index contributed by atoms with van der Waals surface area (Å²) < 4.78 is 0. The highest BCUT2D eigenvalue weighted by Crippen LogP contribution is 2.19. The number of nitrogens with zero attached hydrogens (tertiary/aromatic N) is 1. The van der Waals surface area contributed by atoms with Crippen molar-refractivity contribution in [3.63, 3.8) is 0 Å². The van der Waals surface area contributed by atoms with E-state index in [0.29, 0.717) is 10.6 Å². The number of anilines is 1. The Kier molecular flexibility index (Phi) is 4.74. The number of amides is 1. The average Bonchev–Trinajstić information content (AvgIpc) is 3.38. The summed E-state index contributed by atoms with van der Waals surface area (Å²) in [6.07, 6.45) is 0.167. The molecule has 0 spiro atoms. The quantitative estimate of drug-likeness (QED) is 0.654. The minimum atomic E-state index is -0.432. The molecule has 1 aliphatic rings. The van der Waals surface area contributed by atoms with Crippen LogP contribution in [0.2, 0.25) is 5.02 Å². The second kappa shape index (κ2) is 6.94. The number of hydrogen-bond acceptors (Lipinski definition) is 3. The minimum Gasteiger partial charge on any atom is -0.325 e. The number of nitrogens with one attached hydrogen (secondary N) is 1. The van der Waals surface area contributed by atoms with Gasteiger partial charge in [0.15, 0.2) is 5.78 Å². The van der Waals surface area contributed by atoms with Crippen molar-refractivity contribution in [2.24, 2.45) is 0 Å². The number of rotatable bonds is 6. The third kappa shape index (κ3) is 4.18. The normalized spacial score (nSPS) is 15.0. The van der Waals surface area contributed by atoms with Gasteiger partial charge >= 0.3 is 0 Å². The predicted molar refractivity (Wildman–Crippen MR) is 90.8 cm³/mol. The Labute approximate surface area is 140 Å². The smallest absolute Gasteiger partial charge is 0.242 e. The standard InChI is InChI=1S/C18H17ClN2O2/c19-14-8-6-13(7-9-14)17(22)12-16(21-10-11-21)18(23)20-15-4-2-1-3-5-15/h1-9,16H,10-12H2,(H,20,23). The lowest BCUT2D eigenvalue weighted by atomic mass is 10.0. The third-order valence-electron chi connectivity index (χ3n) is 3.81. The van der Waals surface area contributed by atoms with E-state index in [9.17, 15) is 9.59 Å². The summed E-state index contributed by atoms with van der Waals surface area (Å²) in [4.78, 5) is 26.9. The lowest BCUT2D eigenvalue weighted by Crippen LogP contribution is -2.36. The van der Waals surface area contributed by atoms with E-state index in [1.54, 1.807) is 24.3 Å². The van der Waals surface area contributed by atoms with Crippen molar-refractivity contribution in [3.05, 3.63) is 65.2 Å². The Morgan fingerprint density at radius 1 is 1.04 bits per heavy atom. The molecule has 2 aromatic carbocycles. The first-order valence-corrected chi connectivity index (χ1v) is 7.90. The lowest BCUT2D eigenvalue weighted by Gasteiger charge is -2.17. The van der Waals surface area contributed by atoms with Gasteiger partial charge in [0.2, 0.25) is 5.91 Å². The number of para-hydroxylation sites is 1. The number of halogens is 1. The summed E-state index contributed by atoms with van der Waals surface area (Å²) in [6, 6.07) is 15.6. The summed E-state index contributed by atoms with van der Waals surface area (Å²) in [6.45, 7) is 1.70. The summed E-state index contributed by atoms with van der Waals surface area (Å²) in [7, 11) is 0. The fourth-order valence-electron chi connectivity index (χ4n) is 2.43. The van der Waals surface area contributed by atoms with E-state index in [0.717, 1.165) is 18.8 Å². The van der Waals surface area contributed by atoms with E-state index in [-0.39, 0.29) is 18.1 Å². The molecule has 1 heterocycles. The first-order valence-electron chi connectivity index (χ1n) is 7.52. The molecule has 5 heteroatoms. The molecular formula is C18H17ClN2O2. The Bertz CT molecular complexity index is 697. The number of carbonyl (C=O) groups excluding carboxylic acids is 2. The van der Waals surface area contributed by atoms with E-state index in [1.165, 1.54) is 0 Å². The zero-order chi connectivity index (χ0) is 16.2. The molecule has 1 amide bonds. The molecule has 1 fully saturated rings. The van der Waals surface area contributed by atoms with Gasteiger partial charge < -0.3 is 5.32 Å². The monoisotopic (exact) mass is 328 g/mol. The number of hydrogen-bond donors (Lipinski definition) is 1. The van der Waals surface area contributed by atoms with E-state index in [2.05, 4.69) is 5.32 Å². The third-order valence-corrected chi connectivity index (χ3v) is 4.06. The van der Waals surface area contributed by atoms with Crippen LogP contribution in [0.4, 0.5) is 5.69 Å². The number of ketones is 1. The van der Waals surface area contributed by atoms with E-state index < -0.39 is 6.04 Å². The maximum Gasteiger partial charge on any atom is 0.242 e. The molecule has 0 radical (unpaired) electrons. The topological polar surface area (TPSA) is 49.2 Å². The fraction of sp³-hybridized carbons (Fsp3) is 0.222. The van der Waals surface area contributed by atoms with Gasteiger partial charge in [-0.1, -0.05) is 29.8 Å². The molecule has 23 heavy (non-hydrogen) atoms. The van der Waals surface area contributed by atoms with Crippen LogP contribution in [0.3, 0.4) is 0 Å². The van der Waals surface area contributed by atoms with Gasteiger partial charge in [-0.05, 0) is 36.4 Å². The van der Waals surface area contributed by atoms with Crippen molar-refractivity contribution in [3.8, 4) is 0 Å². The molecule has 1 N–H and O–H groups in total. The van der Waals surface area contributed by atoms with E-state index in [1.807, 2.05) is 35.2 Å². The number of Topliss-reactive ketones (excluding diaryl/α,β-unsaturated/α-hetero) is 1. The van der Waals surface area contributed by atoms with E-state index in [4.69, 9.17) is 11.6 Å². The first kappa shape index (κ1) is 15.7. The Balaban J connectivity index is 1.68. The number of carbonyl (C=O) groups is 2. The van der Waals surface area contributed by atoms with Crippen LogP contribution < -0.4 is 5.32 Å². The first-order chi connectivity index (χ1) is 11.1. The van der Waals surface area contributed by atoms with Crippen LogP contribution in [0.25, 0.3) is 0 Å². The fourth-order valence-corrected chi connectivity index (χ4v) is 2.56. The van der Waals surface area contributed by atoms with Crippen LogP contribution in [0, 0.1) is 0 Å². The van der Waals surface area contributed by atoms with Crippen LogP contribution >= 0.6 is 11.6 Å². The predicted octanol–water partition coefficient (Wildman–Crippen LogP) is 3.24. The summed E-state index contributed by atoms with van der Waals surface area (Å²) in [5.74, 6) is -0.196. The zero-order valence-corrected chi connectivity index (χ0v) is 13.3. The van der Waals surface area contributed by atoms with Crippen LogP contribution in [0.5, 0.6) is 0 Å². The van der Waals surface area contributed by atoms with Crippen molar-refractivity contribution >= 4 is 29.0 Å². The molecule has 1 saturated heterocycles. The van der Waals surface area contributed by atoms with Gasteiger partial charge in [-0.3, -0.25) is 14.5 Å². The van der Waals surface area contributed by atoms with Crippen molar-refractivity contribution < 1.29 is 9.59 Å². The Morgan fingerprint density at radius 3 is 2.30 bits per heavy atom.